The number of rotatable bonds is 29. The van der Waals surface area contributed by atoms with Crippen LogP contribution in [-0.4, -0.2) is 0 Å². The van der Waals surface area contributed by atoms with Gasteiger partial charge in [-0.1, -0.05) is 207 Å². The molecule has 0 atom stereocenters. The van der Waals surface area contributed by atoms with Gasteiger partial charge in [-0.25, -0.2) is 0 Å². The van der Waals surface area contributed by atoms with Crippen molar-refractivity contribution in [2.45, 2.75) is 207 Å². The first-order chi connectivity index (χ1) is 17.1. The normalized spacial score (nSPS) is 12.6. The summed E-state index contributed by atoms with van der Waals surface area (Å²) in [6.45, 7) is 9.25. The van der Waals surface area contributed by atoms with Crippen molar-refractivity contribution in [3.05, 3.63) is 0 Å². The van der Waals surface area contributed by atoms with E-state index >= 15 is 0 Å². The van der Waals surface area contributed by atoms with Gasteiger partial charge in [-0.05, 0) is 11.8 Å². The van der Waals surface area contributed by atoms with E-state index in [0.29, 0.717) is 5.92 Å². The fourth-order valence-corrected chi connectivity index (χ4v) is 5.69. The summed E-state index contributed by atoms with van der Waals surface area (Å²) in [5, 5.41) is 0. The quantitative estimate of drug-likeness (QED) is 0.0935. The van der Waals surface area contributed by atoms with Gasteiger partial charge in [0.25, 0.3) is 0 Å². The van der Waals surface area contributed by atoms with Crippen molar-refractivity contribution < 1.29 is 1.37 Å². The number of unbranched alkanes of at least 4 members (excludes halogenated alkanes) is 20. The minimum absolute atomic E-state index is 0.150. The van der Waals surface area contributed by atoms with Crippen LogP contribution in [0.3, 0.4) is 0 Å². The van der Waals surface area contributed by atoms with Crippen molar-refractivity contribution >= 4 is 0 Å². The summed E-state index contributed by atoms with van der Waals surface area (Å²) in [6, 6.07) is 0. The Morgan fingerprint density at radius 3 is 0.853 bits per heavy atom. The third-order valence-electron chi connectivity index (χ3n) is 8.09. The standard InChI is InChI=1S/C34H70/c1-5-9-13-17-21-25-29-33(30-26-22-18-14-10-6-2)34(31-27-23-19-15-11-7-3)32-28-24-20-16-12-8-4/h33-34H,5-32H2,1-4H3/i33D. The fraction of sp³-hybridized carbons (Fsp3) is 1.00. The highest BCUT2D eigenvalue weighted by atomic mass is 14.3. The van der Waals surface area contributed by atoms with Gasteiger partial charge >= 0.3 is 0 Å². The molecule has 206 valence electrons. The first kappa shape index (κ1) is 32.0. The second-order valence-electron chi connectivity index (χ2n) is 11.5. The van der Waals surface area contributed by atoms with Crippen LogP contribution in [0.1, 0.15) is 209 Å². The third kappa shape index (κ3) is 23.7. The van der Waals surface area contributed by atoms with Gasteiger partial charge in [0.2, 0.25) is 0 Å². The Morgan fingerprint density at radius 1 is 0.324 bits per heavy atom. The minimum atomic E-state index is -0.150. The van der Waals surface area contributed by atoms with Crippen LogP contribution in [0.5, 0.6) is 0 Å². The van der Waals surface area contributed by atoms with E-state index in [1.54, 1.807) is 0 Å². The Labute approximate surface area is 220 Å². The molecule has 0 nitrogen and oxygen atoms in total. The van der Waals surface area contributed by atoms with Crippen LogP contribution in [0.2, 0.25) is 0 Å². The van der Waals surface area contributed by atoms with Crippen molar-refractivity contribution in [3.63, 3.8) is 0 Å². The highest BCUT2D eigenvalue weighted by molar-refractivity contribution is 4.72. The van der Waals surface area contributed by atoms with E-state index in [2.05, 4.69) is 27.7 Å². The molecule has 0 aromatic carbocycles. The summed E-state index contributed by atoms with van der Waals surface area (Å²) in [6.07, 6.45) is 38.0. The van der Waals surface area contributed by atoms with Crippen molar-refractivity contribution in [3.8, 4) is 0 Å². The zero-order valence-corrected chi connectivity index (χ0v) is 24.9. The molecule has 0 radical (unpaired) electrons. The summed E-state index contributed by atoms with van der Waals surface area (Å²) in [7, 11) is 0. The summed E-state index contributed by atoms with van der Waals surface area (Å²) in [5.41, 5.74) is 0. The van der Waals surface area contributed by atoms with E-state index in [4.69, 9.17) is 0 Å². The second-order valence-corrected chi connectivity index (χ2v) is 11.5. The molecule has 0 amide bonds. The Balaban J connectivity index is 4.90. The molecular formula is C34H70. The Morgan fingerprint density at radius 2 is 0.559 bits per heavy atom. The Bertz CT molecular complexity index is 358. The molecule has 0 unspecified atom stereocenters. The smallest absolute Gasteiger partial charge is 0.0306 e. The van der Waals surface area contributed by atoms with Crippen LogP contribution in [0.15, 0.2) is 0 Å². The highest BCUT2D eigenvalue weighted by Gasteiger charge is 2.20. The van der Waals surface area contributed by atoms with Crippen LogP contribution in [0.25, 0.3) is 0 Å². The minimum Gasteiger partial charge on any atom is -0.0654 e. The van der Waals surface area contributed by atoms with Gasteiger partial charge in [-0.2, -0.15) is 0 Å². The summed E-state index contributed by atoms with van der Waals surface area (Å²) < 4.78 is 9.80. The van der Waals surface area contributed by atoms with E-state index in [1.807, 2.05) is 0 Å². The first-order valence-electron chi connectivity index (χ1n) is 17.1. The van der Waals surface area contributed by atoms with Gasteiger partial charge < -0.3 is 0 Å². The van der Waals surface area contributed by atoms with Gasteiger partial charge in [-0.15, -0.1) is 0 Å². The first-order valence-corrected chi connectivity index (χ1v) is 16.6. The maximum Gasteiger partial charge on any atom is 0.0306 e. The van der Waals surface area contributed by atoms with Crippen molar-refractivity contribution in [2.75, 3.05) is 0 Å². The fourth-order valence-electron chi connectivity index (χ4n) is 5.69. The zero-order chi connectivity index (χ0) is 25.9. The maximum atomic E-state index is 9.80. The maximum absolute atomic E-state index is 9.80. The molecule has 0 rings (SSSR count). The lowest BCUT2D eigenvalue weighted by Crippen LogP contribution is -2.16. The third-order valence-corrected chi connectivity index (χ3v) is 8.09. The second kappa shape index (κ2) is 29.2. The summed E-state index contributed by atoms with van der Waals surface area (Å²) in [4.78, 5) is 0. The van der Waals surface area contributed by atoms with Crippen molar-refractivity contribution in [1.82, 2.24) is 0 Å². The number of hydrogen-bond acceptors (Lipinski definition) is 0. The van der Waals surface area contributed by atoms with Crippen molar-refractivity contribution in [1.29, 1.82) is 0 Å². The summed E-state index contributed by atoms with van der Waals surface area (Å²) >= 11 is 0. The largest absolute Gasteiger partial charge is 0.0654 e. The predicted molar refractivity (Wildman–Crippen MR) is 159 cm³/mol. The molecule has 0 N–H and O–H groups in total. The van der Waals surface area contributed by atoms with Crippen LogP contribution >= 0.6 is 0 Å². The molecule has 0 bridgehead atoms. The molecule has 0 aliphatic carbocycles. The van der Waals surface area contributed by atoms with Gasteiger partial charge in [0.05, 0.1) is 0 Å². The van der Waals surface area contributed by atoms with E-state index < -0.39 is 0 Å². The topological polar surface area (TPSA) is 0 Å². The predicted octanol–water partition coefficient (Wildman–Crippen LogP) is 13.2. The molecule has 0 saturated heterocycles. The molecule has 0 fully saturated rings. The Kier molecular flexibility index (Phi) is 27.5. The molecule has 0 heterocycles. The van der Waals surface area contributed by atoms with E-state index in [-0.39, 0.29) is 5.89 Å². The molecule has 0 aliphatic heterocycles. The van der Waals surface area contributed by atoms with E-state index in [9.17, 15) is 1.37 Å². The van der Waals surface area contributed by atoms with Crippen molar-refractivity contribution in [2.24, 2.45) is 11.8 Å². The van der Waals surface area contributed by atoms with Crippen LogP contribution in [0.4, 0.5) is 0 Å². The lowest BCUT2D eigenvalue weighted by molar-refractivity contribution is 0.236. The zero-order valence-electron chi connectivity index (χ0n) is 25.9. The molecule has 0 spiro atoms. The average Bonchev–Trinajstić information content (AvgIpc) is 2.86. The van der Waals surface area contributed by atoms with E-state index in [1.165, 1.54) is 180 Å². The molecule has 0 aromatic heterocycles. The monoisotopic (exact) mass is 480 g/mol. The molecule has 0 aliphatic rings. The lowest BCUT2D eigenvalue weighted by atomic mass is 9.78. The molecule has 0 heteroatoms. The van der Waals surface area contributed by atoms with Gasteiger partial charge in [0.1, 0.15) is 0 Å². The highest BCUT2D eigenvalue weighted by Crippen LogP contribution is 2.33. The number of hydrogen-bond donors (Lipinski definition) is 0. The van der Waals surface area contributed by atoms with Crippen LogP contribution < -0.4 is 0 Å². The Hall–Kier alpha value is 0. The lowest BCUT2D eigenvalue weighted by Gasteiger charge is -2.28. The summed E-state index contributed by atoms with van der Waals surface area (Å²) in [5.74, 6) is 0.494. The van der Waals surface area contributed by atoms with Gasteiger partial charge in [0, 0.05) is 1.37 Å². The van der Waals surface area contributed by atoms with Crippen LogP contribution in [-0.2, 0) is 0 Å². The molecular weight excluding hydrogens is 408 g/mol. The molecule has 34 heavy (non-hydrogen) atoms. The van der Waals surface area contributed by atoms with Gasteiger partial charge in [-0.3, -0.25) is 0 Å². The molecule has 0 saturated carbocycles. The average molecular weight is 480 g/mol. The molecule has 0 aromatic rings. The van der Waals surface area contributed by atoms with Crippen LogP contribution in [0, 0.1) is 11.8 Å². The van der Waals surface area contributed by atoms with Gasteiger partial charge in [0.15, 0.2) is 0 Å². The van der Waals surface area contributed by atoms with E-state index in [0.717, 1.165) is 0 Å². The SMILES string of the molecule is [2H]C(CCCCCCCC)(CCCCCCCC)C(CCCCCCCC)CCCCCCCC.